The Morgan fingerprint density at radius 2 is 1.78 bits per heavy atom. The van der Waals surface area contributed by atoms with Gasteiger partial charge in [0.25, 0.3) is 0 Å². The van der Waals surface area contributed by atoms with Crippen LogP contribution in [0, 0.1) is 11.6 Å². The smallest absolute Gasteiger partial charge is 0.238 e. The third-order valence-electron chi connectivity index (χ3n) is 3.99. The minimum atomic E-state index is -3.86. The number of rotatable bonds is 8. The largest absolute Gasteiger partial charge is 0.326 e. The lowest BCUT2D eigenvalue weighted by atomic mass is 10.1. The summed E-state index contributed by atoms with van der Waals surface area (Å²) in [5.41, 5.74) is 0.260. The number of benzene rings is 2. The van der Waals surface area contributed by atoms with E-state index in [2.05, 4.69) is 5.32 Å². The van der Waals surface area contributed by atoms with E-state index in [1.165, 1.54) is 36.4 Å². The first-order valence-corrected chi connectivity index (χ1v) is 9.83. The average molecular weight is 397 g/mol. The van der Waals surface area contributed by atoms with E-state index in [0.29, 0.717) is 12.2 Å². The molecule has 0 aliphatic heterocycles. The van der Waals surface area contributed by atoms with Crippen molar-refractivity contribution in [3.05, 3.63) is 59.7 Å². The number of nitrogens with two attached hydrogens (primary N) is 1. The number of hydrogen-bond donors (Lipinski definition) is 2. The Morgan fingerprint density at radius 3 is 2.37 bits per heavy atom. The van der Waals surface area contributed by atoms with E-state index < -0.39 is 21.7 Å². The van der Waals surface area contributed by atoms with Crippen LogP contribution < -0.4 is 10.5 Å². The minimum Gasteiger partial charge on any atom is -0.326 e. The molecule has 0 saturated carbocycles. The summed E-state index contributed by atoms with van der Waals surface area (Å²) in [5, 5.41) is 7.65. The highest BCUT2D eigenvalue weighted by Gasteiger charge is 2.14. The highest BCUT2D eigenvalue weighted by Crippen LogP contribution is 2.16. The Bertz CT molecular complexity index is 900. The standard InChI is InChI=1S/C18H21F2N3O3S/c1-2-23(12-15-16(19)7-4-8-17(15)20)10-9-18(24)22-13-5-3-6-14(11-13)27(21,25)26/h3-8,11H,2,9-10,12H2,1H3,(H,22,24)(H2,21,25,26). The van der Waals surface area contributed by atoms with Gasteiger partial charge in [0, 0.05) is 30.8 Å². The van der Waals surface area contributed by atoms with Crippen molar-refractivity contribution in [1.82, 2.24) is 4.90 Å². The van der Waals surface area contributed by atoms with Gasteiger partial charge in [-0.05, 0) is 36.9 Å². The van der Waals surface area contributed by atoms with E-state index in [9.17, 15) is 22.0 Å². The second-order valence-corrected chi connectivity index (χ2v) is 7.50. The fraction of sp³-hybridized carbons (Fsp3) is 0.278. The van der Waals surface area contributed by atoms with Gasteiger partial charge in [-0.1, -0.05) is 19.1 Å². The fourth-order valence-corrected chi connectivity index (χ4v) is 3.05. The number of sulfonamides is 1. The Morgan fingerprint density at radius 1 is 1.15 bits per heavy atom. The van der Waals surface area contributed by atoms with E-state index >= 15 is 0 Å². The van der Waals surface area contributed by atoms with Crippen LogP contribution in [0.25, 0.3) is 0 Å². The van der Waals surface area contributed by atoms with Crippen LogP contribution in [-0.2, 0) is 21.4 Å². The van der Waals surface area contributed by atoms with Gasteiger partial charge >= 0.3 is 0 Å². The highest BCUT2D eigenvalue weighted by molar-refractivity contribution is 7.89. The number of carbonyl (C=O) groups excluding carboxylic acids is 1. The van der Waals surface area contributed by atoms with Crippen LogP contribution in [0.1, 0.15) is 18.9 Å². The van der Waals surface area contributed by atoms with Gasteiger partial charge in [0.15, 0.2) is 0 Å². The van der Waals surface area contributed by atoms with E-state index in [0.717, 1.165) is 0 Å². The molecule has 146 valence electrons. The number of hydrogen-bond acceptors (Lipinski definition) is 4. The van der Waals surface area contributed by atoms with E-state index in [-0.39, 0.29) is 35.9 Å². The molecule has 2 aromatic rings. The second kappa shape index (κ2) is 9.03. The SMILES string of the molecule is CCN(CCC(=O)Nc1cccc(S(N)(=O)=O)c1)Cc1c(F)cccc1F. The molecule has 0 radical (unpaired) electrons. The Hall–Kier alpha value is -2.36. The molecule has 0 unspecified atom stereocenters. The molecule has 0 aliphatic carbocycles. The first-order valence-electron chi connectivity index (χ1n) is 8.28. The molecule has 6 nitrogen and oxygen atoms in total. The molecule has 0 aliphatic rings. The zero-order chi connectivity index (χ0) is 20.0. The first kappa shape index (κ1) is 20.9. The molecule has 9 heteroatoms. The maximum Gasteiger partial charge on any atom is 0.238 e. The first-order chi connectivity index (χ1) is 12.7. The molecule has 2 rings (SSSR count). The van der Waals surface area contributed by atoms with Crippen LogP contribution in [0.3, 0.4) is 0 Å². The molecular weight excluding hydrogens is 376 g/mol. The van der Waals surface area contributed by atoms with Crippen molar-refractivity contribution in [2.24, 2.45) is 5.14 Å². The molecule has 2 aromatic carbocycles. The number of nitrogens with one attached hydrogen (secondary N) is 1. The van der Waals surface area contributed by atoms with Crippen LogP contribution in [0.2, 0.25) is 0 Å². The molecule has 1 amide bonds. The molecule has 0 fully saturated rings. The molecular formula is C18H21F2N3O3S. The summed E-state index contributed by atoms with van der Waals surface area (Å²) in [6.07, 6.45) is 0.0729. The van der Waals surface area contributed by atoms with Crippen LogP contribution in [0.15, 0.2) is 47.4 Å². The number of halogens is 2. The molecule has 3 N–H and O–H groups in total. The van der Waals surface area contributed by atoms with Gasteiger partial charge in [-0.25, -0.2) is 22.3 Å². The number of anilines is 1. The lowest BCUT2D eigenvalue weighted by molar-refractivity contribution is -0.116. The van der Waals surface area contributed by atoms with Crippen LogP contribution in [0.4, 0.5) is 14.5 Å². The summed E-state index contributed by atoms with van der Waals surface area (Å²) in [4.78, 5) is 13.7. The summed E-state index contributed by atoms with van der Waals surface area (Å²) < 4.78 is 50.2. The molecule has 0 atom stereocenters. The summed E-state index contributed by atoms with van der Waals surface area (Å²) >= 11 is 0. The maximum absolute atomic E-state index is 13.8. The number of nitrogens with zero attached hydrogens (tertiary/aromatic N) is 1. The van der Waals surface area contributed by atoms with E-state index in [1.807, 2.05) is 6.92 Å². The maximum atomic E-state index is 13.8. The van der Waals surface area contributed by atoms with Gasteiger partial charge in [0.1, 0.15) is 11.6 Å². The Kier molecular flexibility index (Phi) is 7.00. The third kappa shape index (κ3) is 6.09. The Balaban J connectivity index is 1.96. The average Bonchev–Trinajstić information content (AvgIpc) is 2.60. The van der Waals surface area contributed by atoms with E-state index in [4.69, 9.17) is 5.14 Å². The van der Waals surface area contributed by atoms with Crippen molar-refractivity contribution < 1.29 is 22.0 Å². The fourth-order valence-electron chi connectivity index (χ4n) is 2.49. The summed E-state index contributed by atoms with van der Waals surface area (Å²) in [6.45, 7) is 2.66. The normalized spacial score (nSPS) is 11.6. The molecule has 0 aromatic heterocycles. The Labute approximate surface area is 157 Å². The van der Waals surface area contributed by atoms with Crippen LogP contribution in [-0.4, -0.2) is 32.3 Å². The summed E-state index contributed by atoms with van der Waals surface area (Å²) in [6, 6.07) is 9.28. The van der Waals surface area contributed by atoms with Crippen molar-refractivity contribution in [2.45, 2.75) is 24.8 Å². The predicted octanol–water partition coefficient (Wildman–Crippen LogP) is 2.46. The zero-order valence-electron chi connectivity index (χ0n) is 14.8. The monoisotopic (exact) mass is 397 g/mol. The zero-order valence-corrected chi connectivity index (χ0v) is 15.6. The van der Waals surface area contributed by atoms with Crippen LogP contribution >= 0.6 is 0 Å². The van der Waals surface area contributed by atoms with Crippen LogP contribution in [0.5, 0.6) is 0 Å². The minimum absolute atomic E-state index is 0.0411. The van der Waals surface area contributed by atoms with Gasteiger partial charge in [-0.2, -0.15) is 0 Å². The second-order valence-electron chi connectivity index (χ2n) is 5.94. The summed E-state index contributed by atoms with van der Waals surface area (Å²) in [5.74, 6) is -1.61. The van der Waals surface area contributed by atoms with Gasteiger partial charge in [-0.3, -0.25) is 9.69 Å². The van der Waals surface area contributed by atoms with Crippen molar-refractivity contribution >= 4 is 21.6 Å². The molecule has 0 heterocycles. The third-order valence-corrected chi connectivity index (χ3v) is 4.90. The molecule has 0 spiro atoms. The lowest BCUT2D eigenvalue weighted by Crippen LogP contribution is -2.28. The van der Waals surface area contributed by atoms with Gasteiger partial charge in [-0.15, -0.1) is 0 Å². The topological polar surface area (TPSA) is 92.5 Å². The number of amides is 1. The molecule has 27 heavy (non-hydrogen) atoms. The van der Waals surface area contributed by atoms with Crippen molar-refractivity contribution in [3.63, 3.8) is 0 Å². The van der Waals surface area contributed by atoms with Gasteiger partial charge < -0.3 is 5.32 Å². The predicted molar refractivity (Wildman–Crippen MR) is 98.4 cm³/mol. The van der Waals surface area contributed by atoms with Crippen molar-refractivity contribution in [2.75, 3.05) is 18.4 Å². The number of carbonyl (C=O) groups is 1. The quantitative estimate of drug-likeness (QED) is 0.716. The highest BCUT2D eigenvalue weighted by atomic mass is 32.2. The van der Waals surface area contributed by atoms with Gasteiger partial charge in [0.2, 0.25) is 15.9 Å². The van der Waals surface area contributed by atoms with Crippen molar-refractivity contribution in [3.8, 4) is 0 Å². The molecule has 0 saturated heterocycles. The van der Waals surface area contributed by atoms with Gasteiger partial charge in [0.05, 0.1) is 4.90 Å². The van der Waals surface area contributed by atoms with Crippen molar-refractivity contribution in [1.29, 1.82) is 0 Å². The number of primary sulfonamides is 1. The van der Waals surface area contributed by atoms with E-state index in [1.54, 1.807) is 11.0 Å². The molecule has 0 bridgehead atoms. The lowest BCUT2D eigenvalue weighted by Gasteiger charge is -2.20. The summed E-state index contributed by atoms with van der Waals surface area (Å²) in [7, 11) is -3.86.